The van der Waals surface area contributed by atoms with Gasteiger partial charge in [-0.2, -0.15) is 31.6 Å². The van der Waals surface area contributed by atoms with Crippen molar-refractivity contribution in [1.82, 2.24) is 14.7 Å². The fourth-order valence-corrected chi connectivity index (χ4v) is 5.49. The molecular formula is C23H25F6N5O2. The molecule has 0 radical (unpaired) electrons. The van der Waals surface area contributed by atoms with Crippen LogP contribution in [0.3, 0.4) is 0 Å². The number of benzene rings is 1. The third kappa shape index (κ3) is 4.76. The molecule has 4 rings (SSSR count). The average Bonchev–Trinajstić information content (AvgIpc) is 3.51. The maximum absolute atomic E-state index is 13.3. The molecule has 196 valence electrons. The average molecular weight is 517 g/mol. The number of likely N-dealkylation sites (tertiary alicyclic amines) is 3. The number of alkyl halides is 6. The van der Waals surface area contributed by atoms with Crippen molar-refractivity contribution in [2.45, 2.75) is 68.7 Å². The number of carbonyl (C=O) groups excluding carboxylic acids is 2. The summed E-state index contributed by atoms with van der Waals surface area (Å²) in [6, 6.07) is -0.208. The van der Waals surface area contributed by atoms with Crippen LogP contribution in [0.5, 0.6) is 0 Å². The van der Waals surface area contributed by atoms with Gasteiger partial charge in [0.1, 0.15) is 6.04 Å². The first kappa shape index (κ1) is 26.2. The lowest BCUT2D eigenvalue weighted by atomic mass is 9.98. The first-order valence-corrected chi connectivity index (χ1v) is 11.5. The van der Waals surface area contributed by atoms with Crippen molar-refractivity contribution in [3.05, 3.63) is 34.9 Å². The highest BCUT2D eigenvalue weighted by atomic mass is 19.4. The van der Waals surface area contributed by atoms with Gasteiger partial charge >= 0.3 is 12.4 Å². The molecule has 3 fully saturated rings. The monoisotopic (exact) mass is 517 g/mol. The van der Waals surface area contributed by atoms with Crippen LogP contribution < -0.4 is 5.73 Å². The molecule has 1 aromatic rings. The van der Waals surface area contributed by atoms with Crippen LogP contribution in [0.1, 0.15) is 48.9 Å². The number of halogens is 6. The molecule has 7 nitrogen and oxygen atoms in total. The van der Waals surface area contributed by atoms with Crippen molar-refractivity contribution < 1.29 is 35.9 Å². The Labute approximate surface area is 203 Å². The maximum Gasteiger partial charge on any atom is 0.416 e. The van der Waals surface area contributed by atoms with E-state index in [0.717, 1.165) is 0 Å². The van der Waals surface area contributed by atoms with E-state index in [4.69, 9.17) is 5.73 Å². The van der Waals surface area contributed by atoms with Crippen LogP contribution in [0.4, 0.5) is 26.3 Å². The van der Waals surface area contributed by atoms with Gasteiger partial charge in [-0.1, -0.05) is 0 Å². The maximum atomic E-state index is 13.3. The molecule has 2 bridgehead atoms. The summed E-state index contributed by atoms with van der Waals surface area (Å²) in [5.41, 5.74) is 2.97. The molecule has 1 unspecified atom stereocenters. The van der Waals surface area contributed by atoms with Gasteiger partial charge < -0.3 is 15.5 Å². The largest absolute Gasteiger partial charge is 0.416 e. The minimum atomic E-state index is -4.98. The number of nitrogens with two attached hydrogens (primary N) is 1. The van der Waals surface area contributed by atoms with Crippen LogP contribution in [0.2, 0.25) is 0 Å². The summed E-state index contributed by atoms with van der Waals surface area (Å²) < 4.78 is 79.7. The number of amides is 2. The Morgan fingerprint density at radius 1 is 1.17 bits per heavy atom. The quantitative estimate of drug-likeness (QED) is 0.607. The summed E-state index contributed by atoms with van der Waals surface area (Å²) in [7, 11) is 0. The van der Waals surface area contributed by atoms with Crippen LogP contribution in [-0.2, 0) is 21.9 Å². The highest BCUT2D eigenvalue weighted by Crippen LogP contribution is 2.42. The van der Waals surface area contributed by atoms with Crippen LogP contribution in [0, 0.1) is 11.3 Å². The summed E-state index contributed by atoms with van der Waals surface area (Å²) in [5.74, 6) is -0.816. The number of fused-ring (bicyclic) bond motifs is 2. The third-order valence-electron chi connectivity index (χ3n) is 7.26. The second-order valence-corrected chi connectivity index (χ2v) is 9.55. The Balaban J connectivity index is 1.49. The number of piperazine rings is 1. The SMILES string of the molecule is C[C@H](c1cc(C(F)(F)F)cc(C(F)(F)F)c1)N1C(=O)C2C[C@H]1CN2C[C@H](N)C(=O)N1CCC[C@H]1C#N. The summed E-state index contributed by atoms with van der Waals surface area (Å²) in [6.07, 6.45) is -8.37. The predicted molar refractivity (Wildman–Crippen MR) is 114 cm³/mol. The van der Waals surface area contributed by atoms with E-state index in [1.807, 2.05) is 0 Å². The fraction of sp³-hybridized carbons (Fsp3) is 0.609. The molecule has 5 atom stereocenters. The minimum Gasteiger partial charge on any atom is -0.330 e. The van der Waals surface area contributed by atoms with Crippen molar-refractivity contribution in [2.75, 3.05) is 19.6 Å². The van der Waals surface area contributed by atoms with E-state index in [0.29, 0.717) is 37.9 Å². The molecule has 0 spiro atoms. The van der Waals surface area contributed by atoms with Crippen LogP contribution in [-0.4, -0.2) is 70.3 Å². The van der Waals surface area contributed by atoms with E-state index < -0.39 is 59.6 Å². The van der Waals surface area contributed by atoms with Gasteiger partial charge in [-0.25, -0.2) is 0 Å². The standard InChI is InChI=1S/C23H25F6N5O2/c1-12(13-5-14(22(24,25)26)7-15(6-13)23(27,28)29)34-17-8-19(21(34)36)32(10-17)11-18(31)20(35)33-4-2-3-16(33)9-30/h5-7,12,16-19H,2-4,8,10-11,31H2,1H3/t12-,16+,17+,18+,19?/m1/s1. The molecule has 3 saturated heterocycles. The third-order valence-corrected chi connectivity index (χ3v) is 7.26. The Morgan fingerprint density at radius 2 is 1.78 bits per heavy atom. The second kappa shape index (κ2) is 9.23. The van der Waals surface area contributed by atoms with Crippen molar-refractivity contribution in [1.29, 1.82) is 5.26 Å². The predicted octanol–water partition coefficient (Wildman–Crippen LogP) is 2.91. The van der Waals surface area contributed by atoms with Crippen molar-refractivity contribution in [3.63, 3.8) is 0 Å². The van der Waals surface area contributed by atoms with Crippen molar-refractivity contribution in [2.24, 2.45) is 5.73 Å². The fourth-order valence-electron chi connectivity index (χ4n) is 5.49. The summed E-state index contributed by atoms with van der Waals surface area (Å²) in [4.78, 5) is 30.3. The Hall–Kier alpha value is -2.85. The van der Waals surface area contributed by atoms with Gasteiger partial charge in [-0.05, 0) is 49.9 Å². The van der Waals surface area contributed by atoms with Crippen molar-refractivity contribution >= 4 is 11.8 Å². The highest BCUT2D eigenvalue weighted by Gasteiger charge is 2.52. The van der Waals surface area contributed by atoms with Crippen LogP contribution in [0.25, 0.3) is 0 Å². The molecule has 13 heteroatoms. The number of carbonyl (C=O) groups is 2. The first-order chi connectivity index (χ1) is 16.7. The molecule has 36 heavy (non-hydrogen) atoms. The van der Waals surface area contributed by atoms with Gasteiger partial charge in [0.25, 0.3) is 0 Å². The number of hydrogen-bond acceptors (Lipinski definition) is 5. The molecule has 3 aliphatic heterocycles. The molecule has 3 aliphatic rings. The topological polar surface area (TPSA) is 93.7 Å². The molecule has 2 N–H and O–H groups in total. The first-order valence-electron chi connectivity index (χ1n) is 11.5. The molecule has 0 aromatic heterocycles. The van der Waals surface area contributed by atoms with E-state index in [1.165, 1.54) is 16.7 Å². The Bertz CT molecular complexity index is 1050. The second-order valence-electron chi connectivity index (χ2n) is 9.55. The highest BCUT2D eigenvalue weighted by molar-refractivity contribution is 5.87. The number of rotatable bonds is 5. The zero-order valence-electron chi connectivity index (χ0n) is 19.3. The zero-order chi connectivity index (χ0) is 26.6. The van der Waals surface area contributed by atoms with Crippen LogP contribution >= 0.6 is 0 Å². The Morgan fingerprint density at radius 3 is 2.31 bits per heavy atom. The number of hydrogen-bond donors (Lipinski definition) is 1. The van der Waals surface area contributed by atoms with Gasteiger partial charge in [0.05, 0.1) is 35.3 Å². The van der Waals surface area contributed by atoms with E-state index in [-0.39, 0.29) is 30.6 Å². The molecule has 3 heterocycles. The van der Waals surface area contributed by atoms with E-state index in [9.17, 15) is 41.2 Å². The Kier molecular flexibility index (Phi) is 6.72. The number of nitrogens with zero attached hydrogens (tertiary/aromatic N) is 4. The summed E-state index contributed by atoms with van der Waals surface area (Å²) in [6.45, 7) is 2.18. The van der Waals surface area contributed by atoms with Gasteiger partial charge in [0, 0.05) is 25.7 Å². The lowest BCUT2D eigenvalue weighted by molar-refractivity contribution is -0.143. The molecular weight excluding hydrogens is 492 g/mol. The van der Waals surface area contributed by atoms with Gasteiger partial charge in [0.15, 0.2) is 0 Å². The molecule has 1 aromatic carbocycles. The summed E-state index contributed by atoms with van der Waals surface area (Å²) >= 11 is 0. The lowest BCUT2D eigenvalue weighted by Crippen LogP contribution is -2.56. The zero-order valence-corrected chi connectivity index (χ0v) is 19.3. The molecule has 2 amide bonds. The van der Waals surface area contributed by atoms with Crippen LogP contribution in [0.15, 0.2) is 18.2 Å². The summed E-state index contributed by atoms with van der Waals surface area (Å²) in [5, 5.41) is 9.20. The van der Waals surface area contributed by atoms with Gasteiger partial charge in [-0.15, -0.1) is 0 Å². The normalized spacial score (nSPS) is 26.4. The van der Waals surface area contributed by atoms with Crippen molar-refractivity contribution in [3.8, 4) is 6.07 Å². The van der Waals surface area contributed by atoms with E-state index >= 15 is 0 Å². The number of nitriles is 1. The van der Waals surface area contributed by atoms with Gasteiger partial charge in [-0.3, -0.25) is 14.5 Å². The molecule has 0 aliphatic carbocycles. The van der Waals surface area contributed by atoms with Gasteiger partial charge in [0.2, 0.25) is 11.8 Å². The van der Waals surface area contributed by atoms with E-state index in [2.05, 4.69) is 6.07 Å². The minimum absolute atomic E-state index is 0.0599. The molecule has 0 saturated carbocycles. The smallest absolute Gasteiger partial charge is 0.330 e. The lowest BCUT2D eigenvalue weighted by Gasteiger charge is -2.38. The van der Waals surface area contributed by atoms with E-state index in [1.54, 1.807) is 4.90 Å².